The summed E-state index contributed by atoms with van der Waals surface area (Å²) in [5.41, 5.74) is 1.09. The summed E-state index contributed by atoms with van der Waals surface area (Å²) >= 11 is 0. The van der Waals surface area contributed by atoms with Crippen molar-refractivity contribution >= 4 is 17.7 Å². The van der Waals surface area contributed by atoms with E-state index in [1.54, 1.807) is 18.5 Å². The van der Waals surface area contributed by atoms with Crippen LogP contribution < -0.4 is 5.32 Å². The monoisotopic (exact) mass is 368 g/mol. The molecule has 1 aliphatic rings. The first kappa shape index (κ1) is 19.2. The summed E-state index contributed by atoms with van der Waals surface area (Å²) in [5.74, 6) is 1.96. The van der Waals surface area contributed by atoms with Crippen LogP contribution in [0.5, 0.6) is 0 Å². The first-order valence-corrected chi connectivity index (χ1v) is 9.70. The second-order valence-corrected chi connectivity index (χ2v) is 6.76. The Balaban J connectivity index is 1.55. The van der Waals surface area contributed by atoms with Gasteiger partial charge >= 0.3 is 0 Å². The summed E-state index contributed by atoms with van der Waals surface area (Å²) in [4.78, 5) is 29.6. The van der Waals surface area contributed by atoms with Crippen molar-refractivity contribution in [2.45, 2.75) is 32.6 Å². The van der Waals surface area contributed by atoms with Gasteiger partial charge in [0.1, 0.15) is 5.82 Å². The SMILES string of the molecule is CCN(CC)C(=O)CN1CCC(c2cccc(Nc3ncccn3)n2)CC1. The van der Waals surface area contributed by atoms with Gasteiger partial charge in [-0.15, -0.1) is 0 Å². The predicted molar refractivity (Wildman–Crippen MR) is 106 cm³/mol. The Kier molecular flexibility index (Phi) is 6.70. The van der Waals surface area contributed by atoms with Crippen LogP contribution in [0.25, 0.3) is 0 Å². The lowest BCUT2D eigenvalue weighted by Gasteiger charge is -2.32. The summed E-state index contributed by atoms with van der Waals surface area (Å²) in [6.07, 6.45) is 5.44. The molecule has 27 heavy (non-hydrogen) atoms. The van der Waals surface area contributed by atoms with Gasteiger partial charge in [-0.05, 0) is 58.0 Å². The van der Waals surface area contributed by atoms with E-state index in [0.29, 0.717) is 18.4 Å². The Morgan fingerprint density at radius 3 is 2.52 bits per heavy atom. The van der Waals surface area contributed by atoms with Gasteiger partial charge in [0.2, 0.25) is 11.9 Å². The van der Waals surface area contributed by atoms with Crippen molar-refractivity contribution in [3.63, 3.8) is 0 Å². The van der Waals surface area contributed by atoms with Crippen molar-refractivity contribution < 1.29 is 4.79 Å². The van der Waals surface area contributed by atoms with Crippen molar-refractivity contribution in [2.24, 2.45) is 0 Å². The molecular weight excluding hydrogens is 340 g/mol. The van der Waals surface area contributed by atoms with Crippen LogP contribution in [0.1, 0.15) is 38.3 Å². The van der Waals surface area contributed by atoms with E-state index in [2.05, 4.69) is 26.3 Å². The second-order valence-electron chi connectivity index (χ2n) is 6.76. The van der Waals surface area contributed by atoms with Gasteiger partial charge in [-0.3, -0.25) is 9.69 Å². The summed E-state index contributed by atoms with van der Waals surface area (Å²) in [6.45, 7) is 8.00. The number of hydrogen-bond acceptors (Lipinski definition) is 6. The van der Waals surface area contributed by atoms with Crippen LogP contribution in [0.2, 0.25) is 0 Å². The molecule has 7 heteroatoms. The van der Waals surface area contributed by atoms with Gasteiger partial charge in [0.05, 0.1) is 6.54 Å². The van der Waals surface area contributed by atoms with Crippen LogP contribution in [-0.2, 0) is 4.79 Å². The maximum atomic E-state index is 12.3. The van der Waals surface area contributed by atoms with Gasteiger partial charge in [-0.25, -0.2) is 15.0 Å². The predicted octanol–water partition coefficient (Wildman–Crippen LogP) is 2.66. The average molecular weight is 368 g/mol. The molecule has 0 atom stereocenters. The normalized spacial score (nSPS) is 15.5. The number of anilines is 2. The second kappa shape index (κ2) is 9.41. The van der Waals surface area contributed by atoms with Crippen molar-refractivity contribution in [2.75, 3.05) is 38.0 Å². The zero-order valence-electron chi connectivity index (χ0n) is 16.1. The molecule has 1 N–H and O–H groups in total. The highest BCUT2D eigenvalue weighted by atomic mass is 16.2. The summed E-state index contributed by atoms with van der Waals surface area (Å²) in [6, 6.07) is 7.81. The van der Waals surface area contributed by atoms with Crippen molar-refractivity contribution in [1.29, 1.82) is 0 Å². The number of carbonyl (C=O) groups is 1. The van der Waals surface area contributed by atoms with Gasteiger partial charge in [0, 0.05) is 37.1 Å². The molecule has 1 amide bonds. The maximum Gasteiger partial charge on any atom is 0.236 e. The van der Waals surface area contributed by atoms with Gasteiger partial charge in [0.15, 0.2) is 0 Å². The Bertz CT molecular complexity index is 726. The molecule has 2 aromatic heterocycles. The highest BCUT2D eigenvalue weighted by molar-refractivity contribution is 5.78. The molecule has 3 heterocycles. The lowest BCUT2D eigenvalue weighted by Crippen LogP contribution is -2.43. The Labute approximate surface area is 160 Å². The molecule has 3 rings (SSSR count). The largest absolute Gasteiger partial charge is 0.342 e. The topological polar surface area (TPSA) is 74.2 Å². The fourth-order valence-electron chi connectivity index (χ4n) is 3.48. The Hall–Kier alpha value is -2.54. The smallest absolute Gasteiger partial charge is 0.236 e. The van der Waals surface area contributed by atoms with E-state index in [1.807, 2.05) is 30.9 Å². The van der Waals surface area contributed by atoms with E-state index in [1.165, 1.54) is 0 Å². The van der Waals surface area contributed by atoms with Crippen LogP contribution in [0.4, 0.5) is 11.8 Å². The fourth-order valence-corrected chi connectivity index (χ4v) is 3.48. The highest BCUT2D eigenvalue weighted by Crippen LogP contribution is 2.27. The summed E-state index contributed by atoms with van der Waals surface area (Å²) in [5, 5.41) is 3.15. The van der Waals surface area contributed by atoms with Gasteiger partial charge in [-0.2, -0.15) is 0 Å². The number of amides is 1. The number of nitrogens with one attached hydrogen (secondary N) is 1. The number of pyridine rings is 1. The molecule has 0 saturated carbocycles. The lowest BCUT2D eigenvalue weighted by molar-refractivity contribution is -0.132. The van der Waals surface area contributed by atoms with Gasteiger partial charge in [-0.1, -0.05) is 6.07 Å². The van der Waals surface area contributed by atoms with E-state index in [4.69, 9.17) is 4.98 Å². The Morgan fingerprint density at radius 2 is 1.85 bits per heavy atom. The minimum Gasteiger partial charge on any atom is -0.342 e. The number of likely N-dealkylation sites (N-methyl/N-ethyl adjacent to an activating group) is 1. The van der Waals surface area contributed by atoms with Crippen LogP contribution in [-0.4, -0.2) is 63.4 Å². The zero-order chi connectivity index (χ0) is 19.1. The first-order chi connectivity index (χ1) is 13.2. The van der Waals surface area contributed by atoms with Crippen molar-refractivity contribution in [3.05, 3.63) is 42.4 Å². The van der Waals surface area contributed by atoms with Crippen molar-refractivity contribution in [1.82, 2.24) is 24.8 Å². The minimum absolute atomic E-state index is 0.227. The third kappa shape index (κ3) is 5.23. The Morgan fingerprint density at radius 1 is 1.15 bits per heavy atom. The number of likely N-dealkylation sites (tertiary alicyclic amines) is 1. The molecule has 0 spiro atoms. The third-order valence-corrected chi connectivity index (χ3v) is 5.06. The molecule has 0 unspecified atom stereocenters. The van der Waals surface area contributed by atoms with Crippen LogP contribution in [0, 0.1) is 0 Å². The third-order valence-electron chi connectivity index (χ3n) is 5.06. The zero-order valence-corrected chi connectivity index (χ0v) is 16.1. The maximum absolute atomic E-state index is 12.3. The molecule has 0 radical (unpaired) electrons. The van der Waals surface area contributed by atoms with E-state index >= 15 is 0 Å². The molecule has 1 aliphatic heterocycles. The standard InChI is InChI=1S/C20H28N6O/c1-3-26(4-2)19(27)15-25-13-9-16(10-14-25)17-7-5-8-18(23-17)24-20-21-11-6-12-22-20/h5-8,11-12,16H,3-4,9-10,13-15H2,1-2H3,(H,21,22,23,24). The number of rotatable bonds is 7. The van der Waals surface area contributed by atoms with Crippen LogP contribution >= 0.6 is 0 Å². The fraction of sp³-hybridized carbons (Fsp3) is 0.500. The molecule has 144 valence electrons. The van der Waals surface area contributed by atoms with E-state index in [-0.39, 0.29) is 5.91 Å². The minimum atomic E-state index is 0.227. The number of carbonyl (C=O) groups excluding carboxylic acids is 1. The van der Waals surface area contributed by atoms with E-state index < -0.39 is 0 Å². The van der Waals surface area contributed by atoms with E-state index in [9.17, 15) is 4.79 Å². The molecule has 0 aliphatic carbocycles. The first-order valence-electron chi connectivity index (χ1n) is 9.70. The molecule has 0 aromatic carbocycles. The molecule has 2 aromatic rings. The number of aromatic nitrogens is 3. The number of hydrogen-bond donors (Lipinski definition) is 1. The quantitative estimate of drug-likeness (QED) is 0.810. The average Bonchev–Trinajstić information content (AvgIpc) is 2.70. The van der Waals surface area contributed by atoms with Crippen molar-refractivity contribution in [3.8, 4) is 0 Å². The van der Waals surface area contributed by atoms with Gasteiger partial charge in [0.25, 0.3) is 0 Å². The summed E-state index contributed by atoms with van der Waals surface area (Å²) < 4.78 is 0. The number of nitrogens with zero attached hydrogens (tertiary/aromatic N) is 5. The lowest BCUT2D eigenvalue weighted by atomic mass is 9.93. The summed E-state index contributed by atoms with van der Waals surface area (Å²) in [7, 11) is 0. The van der Waals surface area contributed by atoms with Crippen LogP contribution in [0.3, 0.4) is 0 Å². The molecule has 1 saturated heterocycles. The molecule has 1 fully saturated rings. The highest BCUT2D eigenvalue weighted by Gasteiger charge is 2.24. The molecular formula is C20H28N6O. The van der Waals surface area contributed by atoms with E-state index in [0.717, 1.165) is 50.5 Å². The molecule has 0 bridgehead atoms. The number of piperidine rings is 1. The molecule has 7 nitrogen and oxygen atoms in total. The van der Waals surface area contributed by atoms with Gasteiger partial charge < -0.3 is 10.2 Å². The van der Waals surface area contributed by atoms with Crippen LogP contribution in [0.15, 0.2) is 36.7 Å².